The van der Waals surface area contributed by atoms with Gasteiger partial charge in [0.25, 0.3) is 0 Å². The van der Waals surface area contributed by atoms with Crippen LogP contribution in [0.2, 0.25) is 0 Å². The second-order valence-corrected chi connectivity index (χ2v) is 7.97. The molecule has 0 spiro atoms. The van der Waals surface area contributed by atoms with Crippen molar-refractivity contribution in [2.45, 2.75) is 32.4 Å². The number of aliphatic hydroxyl groups excluding tert-OH is 1. The fraction of sp³-hybridized carbons (Fsp3) is 0.600. The van der Waals surface area contributed by atoms with E-state index < -0.39 is 15.9 Å². The molecule has 1 aromatic rings. The number of nitrogens with one attached hydrogen (secondary N) is 1. The lowest BCUT2D eigenvalue weighted by Crippen LogP contribution is -2.38. The molecule has 118 valence electrons. The number of rotatable bonds is 6. The van der Waals surface area contributed by atoms with Crippen molar-refractivity contribution in [1.82, 2.24) is 5.32 Å². The Morgan fingerprint density at radius 1 is 1.43 bits per heavy atom. The third-order valence-corrected chi connectivity index (χ3v) is 5.42. The molecule has 6 heteroatoms. The largest absolute Gasteiger partial charge is 0.491 e. The highest BCUT2D eigenvalue weighted by Gasteiger charge is 2.27. The molecular formula is C15H23NO4S. The molecule has 0 saturated carbocycles. The van der Waals surface area contributed by atoms with E-state index in [0.29, 0.717) is 13.0 Å². The second kappa shape index (κ2) is 6.77. The number of sulfone groups is 1. The summed E-state index contributed by atoms with van der Waals surface area (Å²) in [5, 5.41) is 13.0. The van der Waals surface area contributed by atoms with Crippen LogP contribution in [0.3, 0.4) is 0 Å². The summed E-state index contributed by atoms with van der Waals surface area (Å²) in [6.07, 6.45) is -0.0411. The highest BCUT2D eigenvalue weighted by Crippen LogP contribution is 2.19. The molecule has 1 fully saturated rings. The van der Waals surface area contributed by atoms with E-state index in [9.17, 15) is 13.5 Å². The van der Waals surface area contributed by atoms with Crippen LogP contribution in [0.5, 0.6) is 5.75 Å². The van der Waals surface area contributed by atoms with Gasteiger partial charge in [-0.15, -0.1) is 0 Å². The molecule has 1 heterocycles. The molecule has 0 bridgehead atoms. The van der Waals surface area contributed by atoms with Gasteiger partial charge in [-0.05, 0) is 37.5 Å². The first-order chi connectivity index (χ1) is 9.85. The summed E-state index contributed by atoms with van der Waals surface area (Å²) in [7, 11) is -2.88. The Bertz CT molecular complexity index is 585. The van der Waals surface area contributed by atoms with Crippen molar-refractivity contribution >= 4 is 9.84 Å². The molecule has 2 unspecified atom stereocenters. The fourth-order valence-electron chi connectivity index (χ4n) is 2.37. The normalized spacial score (nSPS) is 22.1. The smallest absolute Gasteiger partial charge is 0.151 e. The van der Waals surface area contributed by atoms with Crippen LogP contribution in [-0.2, 0) is 9.84 Å². The van der Waals surface area contributed by atoms with Gasteiger partial charge in [0.1, 0.15) is 18.5 Å². The zero-order chi connectivity index (χ0) is 15.5. The Morgan fingerprint density at radius 2 is 2.19 bits per heavy atom. The molecule has 0 aromatic heterocycles. The van der Waals surface area contributed by atoms with Crippen LogP contribution in [-0.4, -0.2) is 50.3 Å². The van der Waals surface area contributed by atoms with E-state index in [-0.39, 0.29) is 24.2 Å². The Labute approximate surface area is 126 Å². The van der Waals surface area contributed by atoms with Gasteiger partial charge in [0.05, 0.1) is 11.5 Å². The maximum Gasteiger partial charge on any atom is 0.151 e. The predicted molar refractivity (Wildman–Crippen MR) is 82.5 cm³/mol. The van der Waals surface area contributed by atoms with Crippen LogP contribution in [0.15, 0.2) is 18.2 Å². The molecule has 2 rings (SSSR count). The third-order valence-electron chi connectivity index (χ3n) is 3.65. The van der Waals surface area contributed by atoms with Gasteiger partial charge in [0, 0.05) is 12.6 Å². The SMILES string of the molecule is Cc1ccc(C)c(OCC(O)CNC2CCS(=O)(=O)C2)c1. The molecule has 2 N–H and O–H groups in total. The minimum Gasteiger partial charge on any atom is -0.491 e. The van der Waals surface area contributed by atoms with E-state index in [1.165, 1.54) is 0 Å². The molecule has 1 aromatic carbocycles. The zero-order valence-electron chi connectivity index (χ0n) is 12.5. The first kappa shape index (κ1) is 16.3. The number of ether oxygens (including phenoxy) is 1. The van der Waals surface area contributed by atoms with E-state index in [1.54, 1.807) is 0 Å². The maximum atomic E-state index is 11.3. The summed E-state index contributed by atoms with van der Waals surface area (Å²) < 4.78 is 28.3. The summed E-state index contributed by atoms with van der Waals surface area (Å²) >= 11 is 0. The molecule has 1 aliphatic rings. The summed E-state index contributed by atoms with van der Waals surface area (Å²) in [6.45, 7) is 4.48. The molecule has 5 nitrogen and oxygen atoms in total. The topological polar surface area (TPSA) is 75.6 Å². The zero-order valence-corrected chi connectivity index (χ0v) is 13.3. The van der Waals surface area contributed by atoms with Gasteiger partial charge in [0.15, 0.2) is 9.84 Å². The number of hydrogen-bond donors (Lipinski definition) is 2. The van der Waals surface area contributed by atoms with Crippen molar-refractivity contribution in [2.75, 3.05) is 24.7 Å². The predicted octanol–water partition coefficient (Wildman–Crippen LogP) is 0.820. The van der Waals surface area contributed by atoms with Crippen molar-refractivity contribution in [3.63, 3.8) is 0 Å². The molecule has 1 aliphatic heterocycles. The highest BCUT2D eigenvalue weighted by molar-refractivity contribution is 7.91. The Kier molecular flexibility index (Phi) is 5.24. The molecule has 0 amide bonds. The van der Waals surface area contributed by atoms with E-state index in [4.69, 9.17) is 4.74 Å². The average molecular weight is 313 g/mol. The van der Waals surface area contributed by atoms with Crippen molar-refractivity contribution in [2.24, 2.45) is 0 Å². The minimum absolute atomic E-state index is 0.0506. The summed E-state index contributed by atoms with van der Waals surface area (Å²) in [5.74, 6) is 1.18. The molecule has 2 atom stereocenters. The Balaban J connectivity index is 1.75. The van der Waals surface area contributed by atoms with Gasteiger partial charge in [-0.3, -0.25) is 0 Å². The van der Waals surface area contributed by atoms with Crippen molar-refractivity contribution in [3.05, 3.63) is 29.3 Å². The lowest BCUT2D eigenvalue weighted by atomic mass is 10.1. The van der Waals surface area contributed by atoms with Gasteiger partial charge in [-0.1, -0.05) is 12.1 Å². The minimum atomic E-state index is -2.88. The van der Waals surface area contributed by atoms with Gasteiger partial charge < -0.3 is 15.2 Å². The van der Waals surface area contributed by atoms with Gasteiger partial charge in [0.2, 0.25) is 0 Å². The lowest BCUT2D eigenvalue weighted by molar-refractivity contribution is 0.104. The third kappa shape index (κ3) is 4.98. The van der Waals surface area contributed by atoms with Crippen LogP contribution in [0.1, 0.15) is 17.5 Å². The summed E-state index contributed by atoms with van der Waals surface area (Å²) in [6, 6.07) is 5.89. The Hall–Kier alpha value is -1.11. The molecule has 0 radical (unpaired) electrons. The fourth-order valence-corrected chi connectivity index (χ4v) is 4.07. The Morgan fingerprint density at radius 3 is 2.86 bits per heavy atom. The van der Waals surface area contributed by atoms with Crippen LogP contribution in [0.4, 0.5) is 0 Å². The second-order valence-electron chi connectivity index (χ2n) is 5.74. The van der Waals surface area contributed by atoms with E-state index in [0.717, 1.165) is 16.9 Å². The highest BCUT2D eigenvalue weighted by atomic mass is 32.2. The van der Waals surface area contributed by atoms with Gasteiger partial charge in [-0.2, -0.15) is 0 Å². The van der Waals surface area contributed by atoms with Crippen LogP contribution in [0.25, 0.3) is 0 Å². The lowest BCUT2D eigenvalue weighted by Gasteiger charge is -2.17. The number of benzene rings is 1. The first-order valence-electron chi connectivity index (χ1n) is 7.17. The average Bonchev–Trinajstić information content (AvgIpc) is 2.77. The van der Waals surface area contributed by atoms with Crippen LogP contribution < -0.4 is 10.1 Å². The van der Waals surface area contributed by atoms with Crippen LogP contribution in [0, 0.1) is 13.8 Å². The van der Waals surface area contributed by atoms with E-state index >= 15 is 0 Å². The van der Waals surface area contributed by atoms with Crippen molar-refractivity contribution in [1.29, 1.82) is 0 Å². The number of aliphatic hydroxyl groups is 1. The van der Waals surface area contributed by atoms with Crippen LogP contribution >= 0.6 is 0 Å². The molecule has 1 saturated heterocycles. The standard InChI is InChI=1S/C15H23NO4S/c1-11-3-4-12(2)15(7-11)20-9-14(17)8-16-13-5-6-21(18,19)10-13/h3-4,7,13-14,16-17H,5-6,8-10H2,1-2H3. The van der Waals surface area contributed by atoms with Crippen molar-refractivity contribution in [3.8, 4) is 5.75 Å². The van der Waals surface area contributed by atoms with Gasteiger partial charge >= 0.3 is 0 Å². The monoisotopic (exact) mass is 313 g/mol. The molecule has 0 aliphatic carbocycles. The molecule has 21 heavy (non-hydrogen) atoms. The number of aryl methyl sites for hydroxylation is 2. The van der Waals surface area contributed by atoms with E-state index in [2.05, 4.69) is 5.32 Å². The summed E-state index contributed by atoms with van der Waals surface area (Å²) in [4.78, 5) is 0. The number of hydrogen-bond acceptors (Lipinski definition) is 5. The summed E-state index contributed by atoms with van der Waals surface area (Å²) in [5.41, 5.74) is 2.14. The first-order valence-corrected chi connectivity index (χ1v) is 9.00. The maximum absolute atomic E-state index is 11.3. The quantitative estimate of drug-likeness (QED) is 0.813. The van der Waals surface area contributed by atoms with Crippen molar-refractivity contribution < 1.29 is 18.3 Å². The van der Waals surface area contributed by atoms with E-state index in [1.807, 2.05) is 32.0 Å². The molecular weight excluding hydrogens is 290 g/mol. The van der Waals surface area contributed by atoms with Gasteiger partial charge in [-0.25, -0.2) is 8.42 Å².